The second kappa shape index (κ2) is 6.83. The van der Waals surface area contributed by atoms with Gasteiger partial charge in [-0.25, -0.2) is 0 Å². The van der Waals surface area contributed by atoms with Crippen molar-refractivity contribution in [2.24, 2.45) is 17.1 Å². The maximum Gasteiger partial charge on any atom is 0.227 e. The molecular weight excluding hydrogens is 188 g/mol. The summed E-state index contributed by atoms with van der Waals surface area (Å²) in [6.45, 7) is 9.52. The number of nitrogens with two attached hydrogens (primary N) is 1. The van der Waals surface area contributed by atoms with E-state index in [9.17, 15) is 4.79 Å². The fourth-order valence-corrected chi connectivity index (χ4v) is 1.55. The molecule has 0 aliphatic carbocycles. The summed E-state index contributed by atoms with van der Waals surface area (Å²) in [4.78, 5) is 12.0. The number of carbonyl (C=O) groups excluding carboxylic acids is 1. The van der Waals surface area contributed by atoms with Crippen LogP contribution in [0.25, 0.3) is 0 Å². The molecule has 0 rings (SSSR count). The van der Waals surface area contributed by atoms with E-state index in [1.54, 1.807) is 0 Å². The van der Waals surface area contributed by atoms with E-state index in [4.69, 9.17) is 5.73 Å². The largest absolute Gasteiger partial charge is 0.355 e. The summed E-state index contributed by atoms with van der Waals surface area (Å²) >= 11 is 0. The second-order valence-electron chi connectivity index (χ2n) is 4.42. The smallest absolute Gasteiger partial charge is 0.227 e. The first-order chi connectivity index (χ1) is 7.06. The van der Waals surface area contributed by atoms with Crippen LogP contribution in [0.1, 0.15) is 47.0 Å². The van der Waals surface area contributed by atoms with Gasteiger partial charge < -0.3 is 11.1 Å². The lowest BCUT2D eigenvalue weighted by Crippen LogP contribution is -2.46. The van der Waals surface area contributed by atoms with Crippen molar-refractivity contribution >= 4 is 5.91 Å². The summed E-state index contributed by atoms with van der Waals surface area (Å²) in [5.41, 5.74) is 5.35. The third-order valence-corrected chi connectivity index (χ3v) is 3.53. The monoisotopic (exact) mass is 214 g/mol. The number of carbonyl (C=O) groups is 1. The Labute approximate surface area is 93.8 Å². The van der Waals surface area contributed by atoms with E-state index in [1.807, 2.05) is 13.8 Å². The molecule has 0 saturated heterocycles. The number of amides is 1. The summed E-state index contributed by atoms with van der Waals surface area (Å²) in [6, 6.07) is 0. The molecule has 0 fully saturated rings. The Morgan fingerprint density at radius 3 is 2.20 bits per heavy atom. The van der Waals surface area contributed by atoms with Crippen molar-refractivity contribution in [2.45, 2.75) is 47.0 Å². The van der Waals surface area contributed by atoms with Gasteiger partial charge in [-0.15, -0.1) is 0 Å². The average Bonchev–Trinajstić information content (AvgIpc) is 2.28. The first-order valence-corrected chi connectivity index (χ1v) is 6.04. The van der Waals surface area contributed by atoms with E-state index >= 15 is 0 Å². The van der Waals surface area contributed by atoms with E-state index in [2.05, 4.69) is 19.2 Å². The molecular formula is C12H26N2O. The average molecular weight is 214 g/mol. The maximum atomic E-state index is 12.0. The zero-order valence-electron chi connectivity index (χ0n) is 10.6. The fourth-order valence-electron chi connectivity index (χ4n) is 1.55. The molecule has 0 saturated carbocycles. The lowest BCUT2D eigenvalue weighted by atomic mass is 9.81. The molecule has 0 spiro atoms. The topological polar surface area (TPSA) is 55.1 Å². The first kappa shape index (κ1) is 14.4. The minimum absolute atomic E-state index is 0.121. The molecule has 0 aliphatic rings. The van der Waals surface area contributed by atoms with E-state index in [0.717, 1.165) is 25.8 Å². The molecule has 0 heterocycles. The van der Waals surface area contributed by atoms with Crippen molar-refractivity contribution in [2.75, 3.05) is 13.1 Å². The molecule has 1 atom stereocenters. The summed E-state index contributed by atoms with van der Waals surface area (Å²) in [5.74, 6) is 0.661. The van der Waals surface area contributed by atoms with Gasteiger partial charge in [0.1, 0.15) is 0 Å². The van der Waals surface area contributed by atoms with Crippen LogP contribution in [-0.2, 0) is 4.79 Å². The lowest BCUT2D eigenvalue weighted by molar-refractivity contribution is -0.131. The molecule has 15 heavy (non-hydrogen) atoms. The zero-order chi connectivity index (χ0) is 11.9. The van der Waals surface area contributed by atoms with Gasteiger partial charge in [-0.05, 0) is 18.8 Å². The predicted octanol–water partition coefficient (Wildman–Crippen LogP) is 1.91. The Kier molecular flexibility index (Phi) is 6.57. The molecule has 0 bridgehead atoms. The maximum absolute atomic E-state index is 12.0. The SMILES string of the molecule is CCC(C)CNC(=O)C(CC)(CC)CN. The van der Waals surface area contributed by atoms with Crippen LogP contribution < -0.4 is 11.1 Å². The van der Waals surface area contributed by atoms with Crippen molar-refractivity contribution in [3.63, 3.8) is 0 Å². The standard InChI is InChI=1S/C12H26N2O/c1-5-10(4)8-14-11(15)12(6-2,7-3)9-13/h10H,5-9,13H2,1-4H3,(H,14,15). The van der Waals surface area contributed by atoms with Crippen LogP contribution in [0.3, 0.4) is 0 Å². The Balaban J connectivity index is 4.27. The number of hydrogen-bond acceptors (Lipinski definition) is 2. The van der Waals surface area contributed by atoms with Gasteiger partial charge in [0.15, 0.2) is 0 Å². The van der Waals surface area contributed by atoms with Crippen molar-refractivity contribution in [1.82, 2.24) is 5.32 Å². The van der Waals surface area contributed by atoms with Crippen molar-refractivity contribution in [3.05, 3.63) is 0 Å². The van der Waals surface area contributed by atoms with Gasteiger partial charge in [0.2, 0.25) is 5.91 Å². The molecule has 1 amide bonds. The van der Waals surface area contributed by atoms with Crippen LogP contribution in [0.2, 0.25) is 0 Å². The van der Waals surface area contributed by atoms with Crippen LogP contribution in [0.5, 0.6) is 0 Å². The van der Waals surface area contributed by atoms with Gasteiger partial charge in [0.05, 0.1) is 5.41 Å². The molecule has 0 radical (unpaired) electrons. The van der Waals surface area contributed by atoms with E-state index in [0.29, 0.717) is 12.5 Å². The molecule has 0 aromatic rings. The molecule has 3 heteroatoms. The predicted molar refractivity (Wildman–Crippen MR) is 64.5 cm³/mol. The molecule has 90 valence electrons. The number of nitrogens with one attached hydrogen (secondary N) is 1. The van der Waals surface area contributed by atoms with Crippen molar-refractivity contribution in [3.8, 4) is 0 Å². The first-order valence-electron chi connectivity index (χ1n) is 6.04. The van der Waals surface area contributed by atoms with Gasteiger partial charge >= 0.3 is 0 Å². The van der Waals surface area contributed by atoms with Gasteiger partial charge in [-0.1, -0.05) is 34.1 Å². The molecule has 1 unspecified atom stereocenters. The summed E-state index contributed by atoms with van der Waals surface area (Å²) in [6.07, 6.45) is 2.72. The normalized spacial score (nSPS) is 13.7. The Morgan fingerprint density at radius 1 is 1.33 bits per heavy atom. The zero-order valence-corrected chi connectivity index (χ0v) is 10.6. The highest BCUT2D eigenvalue weighted by Gasteiger charge is 2.32. The summed E-state index contributed by atoms with van der Waals surface area (Å²) < 4.78 is 0. The van der Waals surface area contributed by atoms with Gasteiger partial charge in [-0.2, -0.15) is 0 Å². The quantitative estimate of drug-likeness (QED) is 0.680. The lowest BCUT2D eigenvalue weighted by Gasteiger charge is -2.29. The highest BCUT2D eigenvalue weighted by molar-refractivity contribution is 5.82. The Bertz CT molecular complexity index is 180. The van der Waals surface area contributed by atoms with Crippen LogP contribution >= 0.6 is 0 Å². The van der Waals surface area contributed by atoms with Crippen LogP contribution in [0.4, 0.5) is 0 Å². The molecule has 0 aromatic heterocycles. The summed E-state index contributed by atoms with van der Waals surface area (Å²) in [7, 11) is 0. The Hall–Kier alpha value is -0.570. The van der Waals surface area contributed by atoms with E-state index in [1.165, 1.54) is 0 Å². The Morgan fingerprint density at radius 2 is 1.87 bits per heavy atom. The number of rotatable bonds is 7. The van der Waals surface area contributed by atoms with Crippen molar-refractivity contribution in [1.29, 1.82) is 0 Å². The molecule has 3 N–H and O–H groups in total. The third-order valence-electron chi connectivity index (χ3n) is 3.53. The van der Waals surface area contributed by atoms with E-state index < -0.39 is 0 Å². The fraction of sp³-hybridized carbons (Fsp3) is 0.917. The van der Waals surface area contributed by atoms with Crippen molar-refractivity contribution < 1.29 is 4.79 Å². The van der Waals surface area contributed by atoms with Gasteiger partial charge in [-0.3, -0.25) is 4.79 Å². The van der Waals surface area contributed by atoms with Crippen LogP contribution in [0.15, 0.2) is 0 Å². The van der Waals surface area contributed by atoms with Gasteiger partial charge in [0, 0.05) is 13.1 Å². The summed E-state index contributed by atoms with van der Waals surface area (Å²) in [5, 5.41) is 3.01. The number of hydrogen-bond donors (Lipinski definition) is 2. The van der Waals surface area contributed by atoms with Crippen LogP contribution in [-0.4, -0.2) is 19.0 Å². The minimum atomic E-state index is -0.354. The highest BCUT2D eigenvalue weighted by Crippen LogP contribution is 2.24. The van der Waals surface area contributed by atoms with E-state index in [-0.39, 0.29) is 11.3 Å². The second-order valence-corrected chi connectivity index (χ2v) is 4.42. The van der Waals surface area contributed by atoms with Crippen LogP contribution in [0, 0.1) is 11.3 Å². The third kappa shape index (κ3) is 3.82. The molecule has 0 aliphatic heterocycles. The van der Waals surface area contributed by atoms with Gasteiger partial charge in [0.25, 0.3) is 0 Å². The molecule has 3 nitrogen and oxygen atoms in total. The minimum Gasteiger partial charge on any atom is -0.355 e. The molecule has 0 aromatic carbocycles. The highest BCUT2D eigenvalue weighted by atomic mass is 16.2.